The molecule has 2 atom stereocenters. The zero-order chi connectivity index (χ0) is 18.9. The molecule has 0 spiro atoms. The van der Waals surface area contributed by atoms with E-state index >= 15 is 0 Å². The molecule has 0 aliphatic carbocycles. The lowest BCUT2D eigenvalue weighted by atomic mass is 9.92. The molecule has 0 bridgehead atoms. The van der Waals surface area contributed by atoms with Crippen molar-refractivity contribution in [3.63, 3.8) is 0 Å². The Balaban J connectivity index is 1.96. The summed E-state index contributed by atoms with van der Waals surface area (Å²) in [6.07, 6.45) is 1.14. The van der Waals surface area contributed by atoms with Crippen LogP contribution < -0.4 is 10.1 Å². The summed E-state index contributed by atoms with van der Waals surface area (Å²) in [5, 5.41) is 12.2. The van der Waals surface area contributed by atoms with E-state index in [4.69, 9.17) is 4.74 Å². The van der Waals surface area contributed by atoms with Gasteiger partial charge in [-0.2, -0.15) is 0 Å². The van der Waals surface area contributed by atoms with E-state index in [0.29, 0.717) is 12.0 Å². The normalized spacial score (nSPS) is 12.8. The van der Waals surface area contributed by atoms with Gasteiger partial charge in [0.1, 0.15) is 5.75 Å². The summed E-state index contributed by atoms with van der Waals surface area (Å²) in [5.74, 6) is -0.976. The Labute approximate surface area is 154 Å². The lowest BCUT2D eigenvalue weighted by molar-refractivity contribution is -0.138. The molecule has 2 aromatic rings. The highest BCUT2D eigenvalue weighted by Crippen LogP contribution is 2.25. The second-order valence-electron chi connectivity index (χ2n) is 6.19. The average Bonchev–Trinajstić information content (AvgIpc) is 2.67. The molecule has 138 valence electrons. The highest BCUT2D eigenvalue weighted by Gasteiger charge is 2.21. The van der Waals surface area contributed by atoms with Gasteiger partial charge in [-0.1, -0.05) is 49.4 Å². The molecule has 0 fully saturated rings. The Morgan fingerprint density at radius 2 is 1.69 bits per heavy atom. The first-order chi connectivity index (χ1) is 12.5. The van der Waals surface area contributed by atoms with Gasteiger partial charge in [0.15, 0.2) is 0 Å². The number of aliphatic carboxylic acids is 1. The van der Waals surface area contributed by atoms with Crippen LogP contribution in [-0.2, 0) is 9.59 Å². The zero-order valence-electron chi connectivity index (χ0n) is 15.1. The number of carbonyl (C=O) groups is 2. The minimum Gasteiger partial charge on any atom is -0.497 e. The van der Waals surface area contributed by atoms with Crippen molar-refractivity contribution in [3.8, 4) is 5.75 Å². The van der Waals surface area contributed by atoms with Gasteiger partial charge in [-0.15, -0.1) is 0 Å². The van der Waals surface area contributed by atoms with Gasteiger partial charge in [0.05, 0.1) is 13.0 Å². The Kier molecular flexibility index (Phi) is 7.21. The second kappa shape index (κ2) is 9.61. The van der Waals surface area contributed by atoms with Gasteiger partial charge in [0.25, 0.3) is 0 Å². The third-order valence-electron chi connectivity index (χ3n) is 4.52. The SMILES string of the molecule is CCC(CC(=O)NCC(C(=O)O)c1ccccc1)c1ccc(OC)cc1. The minimum atomic E-state index is -0.946. The molecule has 2 N–H and O–H groups in total. The molecule has 0 saturated heterocycles. The number of carboxylic acids is 1. The zero-order valence-corrected chi connectivity index (χ0v) is 15.1. The molecule has 0 radical (unpaired) electrons. The smallest absolute Gasteiger partial charge is 0.312 e. The number of hydrogen-bond donors (Lipinski definition) is 2. The van der Waals surface area contributed by atoms with E-state index in [0.717, 1.165) is 17.7 Å². The van der Waals surface area contributed by atoms with Gasteiger partial charge >= 0.3 is 5.97 Å². The fourth-order valence-corrected chi connectivity index (χ4v) is 2.92. The molecule has 2 aromatic carbocycles. The fourth-order valence-electron chi connectivity index (χ4n) is 2.92. The van der Waals surface area contributed by atoms with Crippen LogP contribution in [-0.4, -0.2) is 30.6 Å². The number of methoxy groups -OCH3 is 1. The van der Waals surface area contributed by atoms with Crippen molar-refractivity contribution >= 4 is 11.9 Å². The minimum absolute atomic E-state index is 0.0806. The highest BCUT2D eigenvalue weighted by molar-refractivity contribution is 5.80. The first kappa shape index (κ1) is 19.5. The maximum absolute atomic E-state index is 12.3. The van der Waals surface area contributed by atoms with Crippen LogP contribution in [0.2, 0.25) is 0 Å². The summed E-state index contributed by atoms with van der Waals surface area (Å²) in [6.45, 7) is 2.11. The van der Waals surface area contributed by atoms with Gasteiger partial charge in [-0.3, -0.25) is 9.59 Å². The predicted molar refractivity (Wildman–Crippen MR) is 100 cm³/mol. The molecule has 0 saturated carbocycles. The molecule has 5 nitrogen and oxygen atoms in total. The number of benzene rings is 2. The molecular formula is C21H25NO4. The van der Waals surface area contributed by atoms with Crippen LogP contribution in [0.1, 0.15) is 42.7 Å². The summed E-state index contributed by atoms with van der Waals surface area (Å²) in [7, 11) is 1.62. The lowest BCUT2D eigenvalue weighted by Crippen LogP contribution is -2.32. The maximum Gasteiger partial charge on any atom is 0.312 e. The number of nitrogens with one attached hydrogen (secondary N) is 1. The van der Waals surface area contributed by atoms with Gasteiger partial charge in [-0.25, -0.2) is 0 Å². The number of carbonyl (C=O) groups excluding carboxylic acids is 1. The fraction of sp³-hybridized carbons (Fsp3) is 0.333. The van der Waals surface area contributed by atoms with Crippen LogP contribution in [0.5, 0.6) is 5.75 Å². The van der Waals surface area contributed by atoms with Gasteiger partial charge in [-0.05, 0) is 35.6 Å². The Morgan fingerprint density at radius 3 is 2.23 bits per heavy atom. The summed E-state index contributed by atoms with van der Waals surface area (Å²) >= 11 is 0. The second-order valence-corrected chi connectivity index (χ2v) is 6.19. The molecule has 0 aliphatic heterocycles. The summed E-state index contributed by atoms with van der Waals surface area (Å²) in [6, 6.07) is 16.6. The van der Waals surface area contributed by atoms with E-state index in [-0.39, 0.29) is 18.4 Å². The van der Waals surface area contributed by atoms with Crippen molar-refractivity contribution in [1.29, 1.82) is 0 Å². The van der Waals surface area contributed by atoms with Crippen molar-refractivity contribution < 1.29 is 19.4 Å². The Bertz CT molecular complexity index is 713. The summed E-state index contributed by atoms with van der Waals surface area (Å²) < 4.78 is 5.16. The van der Waals surface area contributed by atoms with E-state index in [2.05, 4.69) is 5.32 Å². The van der Waals surface area contributed by atoms with Gasteiger partial charge in [0.2, 0.25) is 5.91 Å². The predicted octanol–water partition coefficient (Wildman–Crippen LogP) is 3.56. The van der Waals surface area contributed by atoms with E-state index < -0.39 is 11.9 Å². The number of amides is 1. The van der Waals surface area contributed by atoms with Crippen LogP contribution >= 0.6 is 0 Å². The molecule has 0 aliphatic rings. The number of ether oxygens (including phenoxy) is 1. The molecule has 2 unspecified atom stereocenters. The molecule has 0 heterocycles. The number of rotatable bonds is 9. The van der Waals surface area contributed by atoms with Crippen molar-refractivity contribution in [2.45, 2.75) is 31.6 Å². The van der Waals surface area contributed by atoms with Crippen LogP contribution in [0.15, 0.2) is 54.6 Å². The van der Waals surface area contributed by atoms with Crippen LogP contribution in [0.25, 0.3) is 0 Å². The van der Waals surface area contributed by atoms with E-state index in [1.54, 1.807) is 31.4 Å². The molecule has 26 heavy (non-hydrogen) atoms. The van der Waals surface area contributed by atoms with Crippen molar-refractivity contribution in [2.24, 2.45) is 0 Å². The number of hydrogen-bond acceptors (Lipinski definition) is 3. The maximum atomic E-state index is 12.3. The van der Waals surface area contributed by atoms with E-state index in [1.807, 2.05) is 37.3 Å². The molecule has 1 amide bonds. The lowest BCUT2D eigenvalue weighted by Gasteiger charge is -2.17. The standard InChI is InChI=1S/C21H25NO4/c1-3-15(16-9-11-18(26-2)12-10-16)13-20(23)22-14-19(21(24)25)17-7-5-4-6-8-17/h4-12,15,19H,3,13-14H2,1-2H3,(H,22,23)(H,24,25). The molecule has 2 rings (SSSR count). The highest BCUT2D eigenvalue weighted by atomic mass is 16.5. The molecule has 5 heteroatoms. The average molecular weight is 355 g/mol. The van der Waals surface area contributed by atoms with Crippen LogP contribution in [0.3, 0.4) is 0 Å². The topological polar surface area (TPSA) is 75.6 Å². The summed E-state index contributed by atoms with van der Waals surface area (Å²) in [4.78, 5) is 23.8. The Morgan fingerprint density at radius 1 is 1.04 bits per heavy atom. The third-order valence-corrected chi connectivity index (χ3v) is 4.52. The van der Waals surface area contributed by atoms with E-state index in [9.17, 15) is 14.7 Å². The van der Waals surface area contributed by atoms with Gasteiger partial charge < -0.3 is 15.2 Å². The van der Waals surface area contributed by atoms with Crippen LogP contribution in [0, 0.1) is 0 Å². The van der Waals surface area contributed by atoms with Crippen molar-refractivity contribution in [2.75, 3.05) is 13.7 Å². The molecule has 0 aromatic heterocycles. The number of carboxylic acid groups (broad SMARTS) is 1. The van der Waals surface area contributed by atoms with Crippen LogP contribution in [0.4, 0.5) is 0 Å². The first-order valence-corrected chi connectivity index (χ1v) is 8.73. The monoisotopic (exact) mass is 355 g/mol. The van der Waals surface area contributed by atoms with E-state index in [1.165, 1.54) is 0 Å². The first-order valence-electron chi connectivity index (χ1n) is 8.73. The van der Waals surface area contributed by atoms with Gasteiger partial charge in [0, 0.05) is 13.0 Å². The van der Waals surface area contributed by atoms with Crippen molar-refractivity contribution in [1.82, 2.24) is 5.32 Å². The molecular weight excluding hydrogens is 330 g/mol. The quantitative estimate of drug-likeness (QED) is 0.721. The van der Waals surface area contributed by atoms with Crippen molar-refractivity contribution in [3.05, 3.63) is 65.7 Å². The largest absolute Gasteiger partial charge is 0.497 e. The Hall–Kier alpha value is -2.82. The summed E-state index contributed by atoms with van der Waals surface area (Å²) in [5.41, 5.74) is 1.75. The third kappa shape index (κ3) is 5.34.